The first-order valence-corrected chi connectivity index (χ1v) is 19.4. The summed E-state index contributed by atoms with van der Waals surface area (Å²) in [5.74, 6) is 0.166. The van der Waals surface area contributed by atoms with Crippen LogP contribution in [0.1, 0.15) is 76.0 Å². The molecule has 0 radical (unpaired) electrons. The number of anilines is 1. The molecule has 1 aromatic heterocycles. The lowest BCUT2D eigenvalue weighted by molar-refractivity contribution is -0.0494. The van der Waals surface area contributed by atoms with Crippen LogP contribution in [0.4, 0.5) is 18.9 Å². The number of hydrogen-bond acceptors (Lipinski definition) is 7. The van der Waals surface area contributed by atoms with E-state index in [1.807, 2.05) is 94.4 Å². The number of sulfonamides is 1. The Morgan fingerprint density at radius 1 is 0.865 bits per heavy atom. The zero-order valence-corrected chi connectivity index (χ0v) is 32.0. The van der Waals surface area contributed by atoms with Crippen LogP contribution in [0.25, 0.3) is 10.9 Å². The van der Waals surface area contributed by atoms with Gasteiger partial charge in [-0.25, -0.2) is 13.4 Å². The summed E-state index contributed by atoms with van der Waals surface area (Å²) < 4.78 is 77.1. The predicted molar refractivity (Wildman–Crippen MR) is 202 cm³/mol. The molecule has 1 aliphatic rings. The number of nitrogens with two attached hydrogens (primary N) is 1. The van der Waals surface area contributed by atoms with Crippen LogP contribution < -0.4 is 15.8 Å². The van der Waals surface area contributed by atoms with Crippen molar-refractivity contribution in [3.63, 3.8) is 0 Å². The fourth-order valence-electron chi connectivity index (χ4n) is 6.39. The number of piperidine rings is 1. The third-order valence-electron chi connectivity index (χ3n) is 9.32. The molecule has 0 saturated carbocycles. The summed E-state index contributed by atoms with van der Waals surface area (Å²) in [7, 11) is -5.41. The molecule has 5 rings (SSSR count). The number of halogens is 5. The standard InChI is InChI=1S/C38H45Cl2F3N4O4S/c1-36(2,17-19-44)50-22-18-37(3,4)51-34-24-33(45-30-15-20-47(21-16-30)52(48,49)38(41,42)43)31-23-27(9-14-32(31)46-34)35(25-5-10-28(39)11-6-25)26-7-12-29(40)13-8-26/h5-14,23-24,30,35H,15-22,44H2,1-4H3,(H,45,46). The van der Waals surface area contributed by atoms with Gasteiger partial charge in [0.15, 0.2) is 0 Å². The van der Waals surface area contributed by atoms with Gasteiger partial charge in [0.05, 0.1) is 17.7 Å². The van der Waals surface area contributed by atoms with E-state index in [2.05, 4.69) is 5.32 Å². The van der Waals surface area contributed by atoms with Crippen molar-refractivity contribution in [1.82, 2.24) is 9.29 Å². The van der Waals surface area contributed by atoms with Gasteiger partial charge in [-0.05, 0) is 107 Å². The van der Waals surface area contributed by atoms with Crippen LogP contribution >= 0.6 is 23.2 Å². The maximum absolute atomic E-state index is 13.3. The molecule has 0 amide bonds. The molecular weight excluding hydrogens is 736 g/mol. The van der Waals surface area contributed by atoms with Crippen LogP contribution in [0.2, 0.25) is 10.0 Å². The van der Waals surface area contributed by atoms with Gasteiger partial charge in [-0.15, -0.1) is 0 Å². The van der Waals surface area contributed by atoms with Crippen molar-refractivity contribution in [2.45, 2.75) is 82.0 Å². The molecular formula is C38H45Cl2F3N4O4S. The molecule has 282 valence electrons. The van der Waals surface area contributed by atoms with Gasteiger partial charge in [0, 0.05) is 58.7 Å². The topological polar surface area (TPSA) is 107 Å². The van der Waals surface area contributed by atoms with Gasteiger partial charge in [-0.1, -0.05) is 53.5 Å². The van der Waals surface area contributed by atoms with Gasteiger partial charge < -0.3 is 20.5 Å². The molecule has 0 spiro atoms. The number of ether oxygens (including phenoxy) is 2. The number of benzene rings is 3. The minimum Gasteiger partial charge on any atom is -0.471 e. The lowest BCUT2D eigenvalue weighted by Gasteiger charge is -2.33. The van der Waals surface area contributed by atoms with Crippen molar-refractivity contribution in [3.8, 4) is 5.88 Å². The first-order valence-electron chi connectivity index (χ1n) is 17.2. The first kappa shape index (κ1) is 40.1. The Labute approximate surface area is 313 Å². The van der Waals surface area contributed by atoms with E-state index >= 15 is 0 Å². The van der Waals surface area contributed by atoms with E-state index in [0.29, 0.717) is 51.0 Å². The fraction of sp³-hybridized carbons (Fsp3) is 0.447. The van der Waals surface area contributed by atoms with Crippen molar-refractivity contribution in [2.75, 3.05) is 31.6 Å². The second-order valence-electron chi connectivity index (χ2n) is 14.3. The molecule has 2 heterocycles. The largest absolute Gasteiger partial charge is 0.511 e. The van der Waals surface area contributed by atoms with Gasteiger partial charge >= 0.3 is 15.5 Å². The van der Waals surface area contributed by atoms with Crippen LogP contribution in [-0.4, -0.2) is 66.7 Å². The summed E-state index contributed by atoms with van der Waals surface area (Å²) in [5, 5.41) is 5.50. The summed E-state index contributed by atoms with van der Waals surface area (Å²) in [4.78, 5) is 4.87. The van der Waals surface area contributed by atoms with Crippen molar-refractivity contribution >= 4 is 49.8 Å². The van der Waals surface area contributed by atoms with Crippen molar-refractivity contribution < 1.29 is 31.1 Å². The Hall–Kier alpha value is -3.13. The molecule has 0 bridgehead atoms. The predicted octanol–water partition coefficient (Wildman–Crippen LogP) is 9.14. The Balaban J connectivity index is 1.50. The molecule has 14 heteroatoms. The van der Waals surface area contributed by atoms with Gasteiger partial charge in [0.2, 0.25) is 5.88 Å². The maximum atomic E-state index is 13.3. The number of pyridine rings is 1. The lowest BCUT2D eigenvalue weighted by Crippen LogP contribution is -2.47. The number of alkyl halides is 3. The van der Waals surface area contributed by atoms with E-state index in [1.165, 1.54) is 0 Å². The highest BCUT2D eigenvalue weighted by atomic mass is 35.5. The third kappa shape index (κ3) is 9.89. The summed E-state index contributed by atoms with van der Waals surface area (Å²) in [6.07, 6.45) is 1.64. The zero-order chi connectivity index (χ0) is 37.9. The molecule has 3 N–H and O–H groups in total. The molecule has 4 aromatic rings. The molecule has 1 saturated heterocycles. The van der Waals surface area contributed by atoms with Crippen molar-refractivity contribution in [1.29, 1.82) is 0 Å². The van der Waals surface area contributed by atoms with Crippen molar-refractivity contribution in [3.05, 3.63) is 99.5 Å². The summed E-state index contributed by atoms with van der Waals surface area (Å²) in [6, 6.07) is 22.8. The van der Waals surface area contributed by atoms with Crippen LogP contribution in [0.5, 0.6) is 5.88 Å². The van der Waals surface area contributed by atoms with E-state index in [9.17, 15) is 21.6 Å². The normalized spacial score (nSPS) is 15.4. The average molecular weight is 782 g/mol. The maximum Gasteiger partial charge on any atom is 0.511 e. The minimum absolute atomic E-state index is 0.175. The van der Waals surface area contributed by atoms with Gasteiger partial charge in [0.25, 0.3) is 0 Å². The van der Waals surface area contributed by atoms with E-state index in [-0.39, 0.29) is 43.5 Å². The molecule has 1 aliphatic heterocycles. The lowest BCUT2D eigenvalue weighted by atomic mass is 9.84. The first-order chi connectivity index (χ1) is 24.4. The van der Waals surface area contributed by atoms with Gasteiger partial charge in [0.1, 0.15) is 5.60 Å². The smallest absolute Gasteiger partial charge is 0.471 e. The van der Waals surface area contributed by atoms with Gasteiger partial charge in [-0.2, -0.15) is 17.5 Å². The molecule has 0 aliphatic carbocycles. The Bertz CT molecular complexity index is 1890. The second-order valence-corrected chi connectivity index (χ2v) is 17.2. The molecule has 8 nitrogen and oxygen atoms in total. The van der Waals surface area contributed by atoms with Crippen LogP contribution in [0.3, 0.4) is 0 Å². The van der Waals surface area contributed by atoms with Crippen molar-refractivity contribution in [2.24, 2.45) is 5.73 Å². The third-order valence-corrected chi connectivity index (χ3v) is 11.5. The number of rotatable bonds is 14. The highest BCUT2D eigenvalue weighted by Gasteiger charge is 2.50. The Morgan fingerprint density at radius 3 is 1.96 bits per heavy atom. The molecule has 0 atom stereocenters. The highest BCUT2D eigenvalue weighted by Crippen LogP contribution is 2.38. The summed E-state index contributed by atoms with van der Waals surface area (Å²) in [6.45, 7) is 8.33. The fourth-order valence-corrected chi connectivity index (χ4v) is 7.63. The SMILES string of the molecule is CC(C)(CCN)OCCC(C)(C)Oc1cc(NC2CCN(S(=O)(=O)C(F)(F)F)CC2)c2cc(C(c3ccc(Cl)cc3)c3ccc(Cl)cc3)ccc2n1. The monoisotopic (exact) mass is 780 g/mol. The van der Waals surface area contributed by atoms with E-state index in [1.54, 1.807) is 6.07 Å². The van der Waals surface area contributed by atoms with Crippen LogP contribution in [0, 0.1) is 0 Å². The number of aromatic nitrogens is 1. The van der Waals surface area contributed by atoms with Crippen LogP contribution in [-0.2, 0) is 14.8 Å². The summed E-state index contributed by atoms with van der Waals surface area (Å²) >= 11 is 12.5. The number of nitrogens with one attached hydrogen (secondary N) is 1. The summed E-state index contributed by atoms with van der Waals surface area (Å²) in [5.41, 5.74) is 3.63. The molecule has 1 fully saturated rings. The van der Waals surface area contributed by atoms with Gasteiger partial charge in [-0.3, -0.25) is 0 Å². The Kier molecular flexibility index (Phi) is 12.4. The molecule has 52 heavy (non-hydrogen) atoms. The quantitative estimate of drug-likeness (QED) is 0.123. The van der Waals surface area contributed by atoms with E-state index in [4.69, 9.17) is 43.4 Å². The average Bonchev–Trinajstić information content (AvgIpc) is 3.06. The number of fused-ring (bicyclic) bond motifs is 1. The molecule has 3 aromatic carbocycles. The van der Waals surface area contributed by atoms with E-state index < -0.39 is 21.1 Å². The highest BCUT2D eigenvalue weighted by molar-refractivity contribution is 7.90. The zero-order valence-electron chi connectivity index (χ0n) is 29.6. The second kappa shape index (κ2) is 16.1. The minimum atomic E-state index is -5.41. The number of hydrogen-bond donors (Lipinski definition) is 2. The van der Waals surface area contributed by atoms with E-state index in [0.717, 1.165) is 28.5 Å². The Morgan fingerprint density at radius 2 is 1.42 bits per heavy atom. The number of nitrogens with zero attached hydrogens (tertiary/aromatic N) is 2. The van der Waals surface area contributed by atoms with Crippen LogP contribution in [0.15, 0.2) is 72.8 Å². The molecule has 0 unspecified atom stereocenters.